The molecule has 16 unspecified atom stereocenters. The predicted octanol–water partition coefficient (Wildman–Crippen LogP) is 2.64. The SMILES string of the molecule is CCC1C=C(C)CC(C)CC(OC)C2OC(O)(C(=O)C(=O)N3CCCCC3C(=O)OC(C(C)(O)C(O)C3CCC(O)C(OC)C3)C(C)C(O)CC1=O)C(C)CC2OC. The Morgan fingerprint density at radius 2 is 1.55 bits per heavy atom. The summed E-state index contributed by atoms with van der Waals surface area (Å²) in [5.41, 5.74) is -1.28. The third-order valence-corrected chi connectivity index (χ3v) is 13.6. The monoisotopic (exact) mass is 825 g/mol. The van der Waals surface area contributed by atoms with Gasteiger partial charge in [0.25, 0.3) is 11.7 Å². The number of amides is 1. The number of nitrogens with zero attached hydrogens (tertiary/aromatic N) is 1. The molecule has 0 aromatic heterocycles. The molecule has 2 bridgehead atoms. The van der Waals surface area contributed by atoms with Crippen molar-refractivity contribution in [2.45, 2.75) is 178 Å². The van der Waals surface area contributed by atoms with E-state index in [4.69, 9.17) is 23.7 Å². The molecular formula is C43H71NO14. The van der Waals surface area contributed by atoms with E-state index in [1.165, 1.54) is 35.2 Å². The number of ether oxygens (including phenoxy) is 5. The Morgan fingerprint density at radius 1 is 0.914 bits per heavy atom. The Bertz CT molecular complexity index is 1450. The van der Waals surface area contributed by atoms with Gasteiger partial charge >= 0.3 is 5.97 Å². The topological polar surface area (TPSA) is 219 Å². The highest BCUT2D eigenvalue weighted by Crippen LogP contribution is 2.40. The van der Waals surface area contributed by atoms with Crippen molar-refractivity contribution in [3.63, 3.8) is 0 Å². The number of hydrogen-bond donors (Lipinski definition) is 5. The summed E-state index contributed by atoms with van der Waals surface area (Å²) < 4.78 is 29.4. The molecule has 2 saturated heterocycles. The third-order valence-electron chi connectivity index (χ3n) is 13.6. The molecular weight excluding hydrogens is 754 g/mol. The number of Topliss-reactive ketones (excluding diaryl/α,β-unsaturated/α-hetero) is 2. The molecule has 1 saturated carbocycles. The lowest BCUT2D eigenvalue weighted by atomic mass is 9.72. The molecule has 3 aliphatic heterocycles. The molecule has 0 spiro atoms. The number of esters is 1. The molecule has 4 rings (SSSR count). The molecule has 5 N–H and O–H groups in total. The smallest absolute Gasteiger partial charge is 0.329 e. The van der Waals surface area contributed by atoms with E-state index in [1.807, 2.05) is 26.8 Å². The number of cyclic esters (lactones) is 1. The van der Waals surface area contributed by atoms with Crippen molar-refractivity contribution >= 4 is 23.4 Å². The summed E-state index contributed by atoms with van der Waals surface area (Å²) in [7, 11) is 4.45. The Morgan fingerprint density at radius 3 is 2.17 bits per heavy atom. The van der Waals surface area contributed by atoms with Crippen LogP contribution in [-0.2, 0) is 42.9 Å². The summed E-state index contributed by atoms with van der Waals surface area (Å²) in [4.78, 5) is 57.7. The van der Waals surface area contributed by atoms with Gasteiger partial charge in [-0.05, 0) is 89.9 Å². The molecule has 3 fully saturated rings. The fourth-order valence-corrected chi connectivity index (χ4v) is 9.85. The summed E-state index contributed by atoms with van der Waals surface area (Å²) in [6.07, 6.45) is -3.08. The van der Waals surface area contributed by atoms with Gasteiger partial charge in [0.05, 0.1) is 36.6 Å². The van der Waals surface area contributed by atoms with Crippen molar-refractivity contribution in [3.05, 3.63) is 11.6 Å². The summed E-state index contributed by atoms with van der Waals surface area (Å²) in [5.74, 6) is -9.34. The standard InChI is InChI=1S/C43H71NO14/c1-10-27-18-23(2)17-24(3)19-34(55-8)36-35(56-9)20-25(4)43(53,58-36)38(49)40(50)44-16-12-11-13-29(44)41(51)57-39(26(5)31(46)22-32(27)47)42(6,52)37(48)28-14-15-30(45)33(21-28)54-7/h18,24-31,33-37,39,45-46,48,52-53H,10-17,19-22H2,1-9H3. The maximum absolute atomic E-state index is 14.4. The molecule has 3 heterocycles. The Labute approximate surface area is 343 Å². The normalized spacial score (nSPS) is 41.0. The first-order valence-corrected chi connectivity index (χ1v) is 21.3. The van der Waals surface area contributed by atoms with Gasteiger partial charge in [-0.3, -0.25) is 14.4 Å². The van der Waals surface area contributed by atoms with Gasteiger partial charge in [-0.2, -0.15) is 0 Å². The number of aliphatic hydroxyl groups is 5. The Kier molecular flexibility index (Phi) is 17.1. The first kappa shape index (κ1) is 48.3. The fourth-order valence-electron chi connectivity index (χ4n) is 9.85. The summed E-state index contributed by atoms with van der Waals surface area (Å²) >= 11 is 0. The Hall–Kier alpha value is -2.34. The second-order valence-corrected chi connectivity index (χ2v) is 17.9. The number of allylic oxidation sites excluding steroid dienone is 2. The number of fused-ring (bicyclic) bond motifs is 3. The van der Waals surface area contributed by atoms with E-state index in [-0.39, 0.29) is 43.9 Å². The number of carbonyl (C=O) groups excluding carboxylic acids is 4. The second-order valence-electron chi connectivity index (χ2n) is 17.9. The van der Waals surface area contributed by atoms with Crippen LogP contribution in [0.1, 0.15) is 112 Å². The molecule has 15 heteroatoms. The molecule has 1 aliphatic carbocycles. The van der Waals surface area contributed by atoms with Crippen LogP contribution in [0, 0.1) is 29.6 Å². The van der Waals surface area contributed by atoms with Crippen molar-refractivity contribution in [1.82, 2.24) is 4.90 Å². The highest BCUT2D eigenvalue weighted by molar-refractivity contribution is 6.39. The number of ketones is 2. The number of rotatable bonds is 7. The van der Waals surface area contributed by atoms with E-state index in [9.17, 15) is 44.7 Å². The largest absolute Gasteiger partial charge is 0.457 e. The predicted molar refractivity (Wildman–Crippen MR) is 211 cm³/mol. The maximum atomic E-state index is 14.4. The summed E-state index contributed by atoms with van der Waals surface area (Å²) in [6.45, 7) is 10.2. The van der Waals surface area contributed by atoms with Gasteiger partial charge in [-0.1, -0.05) is 39.3 Å². The van der Waals surface area contributed by atoms with Gasteiger partial charge in [0.1, 0.15) is 29.6 Å². The molecule has 15 nitrogen and oxygen atoms in total. The zero-order valence-corrected chi connectivity index (χ0v) is 36.0. The van der Waals surface area contributed by atoms with Gasteiger partial charge in [-0.25, -0.2) is 4.79 Å². The van der Waals surface area contributed by atoms with Crippen LogP contribution >= 0.6 is 0 Å². The van der Waals surface area contributed by atoms with Crippen LogP contribution in [0.2, 0.25) is 0 Å². The van der Waals surface area contributed by atoms with Crippen molar-refractivity contribution in [2.24, 2.45) is 29.6 Å². The van der Waals surface area contributed by atoms with E-state index in [1.54, 1.807) is 6.92 Å². The van der Waals surface area contributed by atoms with E-state index < -0.39 is 108 Å². The molecule has 0 radical (unpaired) electrons. The average molecular weight is 826 g/mol. The van der Waals surface area contributed by atoms with Crippen LogP contribution in [0.5, 0.6) is 0 Å². The molecule has 0 aromatic rings. The lowest BCUT2D eigenvalue weighted by Crippen LogP contribution is -2.65. The summed E-state index contributed by atoms with van der Waals surface area (Å²) in [5, 5.41) is 58.2. The van der Waals surface area contributed by atoms with Crippen LogP contribution in [-0.4, -0.2) is 148 Å². The highest BCUT2D eigenvalue weighted by Gasteiger charge is 2.57. The first-order valence-electron chi connectivity index (χ1n) is 21.3. The lowest BCUT2D eigenvalue weighted by Gasteiger charge is -2.47. The van der Waals surface area contributed by atoms with Gasteiger partial charge < -0.3 is 54.1 Å². The first-order chi connectivity index (χ1) is 27.2. The van der Waals surface area contributed by atoms with E-state index in [0.717, 1.165) is 10.5 Å². The van der Waals surface area contributed by atoms with Crippen LogP contribution in [0.25, 0.3) is 0 Å². The van der Waals surface area contributed by atoms with Crippen molar-refractivity contribution in [2.75, 3.05) is 27.9 Å². The Balaban J connectivity index is 1.79. The number of hydrogen-bond acceptors (Lipinski definition) is 14. The number of methoxy groups -OCH3 is 3. The van der Waals surface area contributed by atoms with Crippen molar-refractivity contribution < 1.29 is 68.4 Å². The molecule has 0 aromatic carbocycles. The quantitative estimate of drug-likeness (QED) is 0.142. The molecule has 16 atom stereocenters. The van der Waals surface area contributed by atoms with Crippen molar-refractivity contribution in [3.8, 4) is 0 Å². The minimum atomic E-state index is -2.57. The number of aliphatic hydroxyl groups excluding tert-OH is 3. The van der Waals surface area contributed by atoms with E-state index in [0.29, 0.717) is 44.9 Å². The molecule has 1 amide bonds. The van der Waals surface area contributed by atoms with Crippen LogP contribution in [0.3, 0.4) is 0 Å². The number of carbonyl (C=O) groups is 4. The van der Waals surface area contributed by atoms with E-state index >= 15 is 0 Å². The van der Waals surface area contributed by atoms with Crippen LogP contribution < -0.4 is 0 Å². The minimum absolute atomic E-state index is 0.0128. The van der Waals surface area contributed by atoms with Gasteiger partial charge in [0, 0.05) is 52.0 Å². The van der Waals surface area contributed by atoms with Gasteiger partial charge in [0.2, 0.25) is 5.79 Å². The average Bonchev–Trinajstić information content (AvgIpc) is 3.20. The second kappa shape index (κ2) is 20.5. The lowest BCUT2D eigenvalue weighted by molar-refractivity contribution is -0.302. The van der Waals surface area contributed by atoms with Gasteiger partial charge in [-0.15, -0.1) is 0 Å². The van der Waals surface area contributed by atoms with E-state index in [2.05, 4.69) is 0 Å². The highest BCUT2D eigenvalue weighted by atomic mass is 16.7. The third kappa shape index (κ3) is 10.6. The molecule has 332 valence electrons. The van der Waals surface area contributed by atoms with Gasteiger partial charge in [0.15, 0.2) is 0 Å². The molecule has 4 aliphatic rings. The van der Waals surface area contributed by atoms with Crippen LogP contribution in [0.15, 0.2) is 11.6 Å². The van der Waals surface area contributed by atoms with Crippen LogP contribution in [0.4, 0.5) is 0 Å². The van der Waals surface area contributed by atoms with Crippen molar-refractivity contribution in [1.29, 1.82) is 0 Å². The zero-order chi connectivity index (χ0) is 43.3. The fraction of sp³-hybridized carbons (Fsp3) is 0.860. The summed E-state index contributed by atoms with van der Waals surface area (Å²) in [6, 6.07) is -1.32. The number of piperidine rings is 1. The maximum Gasteiger partial charge on any atom is 0.329 e. The zero-order valence-electron chi connectivity index (χ0n) is 36.0. The molecule has 58 heavy (non-hydrogen) atoms. The minimum Gasteiger partial charge on any atom is -0.457 e.